The Labute approximate surface area is 166 Å². The van der Waals surface area contributed by atoms with Gasteiger partial charge in [0.25, 0.3) is 0 Å². The molecule has 0 atom stereocenters. The average Bonchev–Trinajstić information content (AvgIpc) is 3.14. The maximum absolute atomic E-state index is 9.32. The maximum Gasteiger partial charge on any atom is 0.163 e. The molecular weight excluding hydrogens is 362 g/mol. The fraction of sp³-hybridized carbons (Fsp3) is 0.0435. The molecule has 0 aliphatic carbocycles. The lowest BCUT2D eigenvalue weighted by Gasteiger charge is -2.12. The minimum absolute atomic E-state index is 0.405. The van der Waals surface area contributed by atoms with Crippen LogP contribution in [-0.2, 0) is 7.05 Å². The summed E-state index contributed by atoms with van der Waals surface area (Å²) in [6.45, 7) is 0. The summed E-state index contributed by atoms with van der Waals surface area (Å²) in [5, 5.41) is 10.5. The fourth-order valence-electron chi connectivity index (χ4n) is 3.44. The summed E-state index contributed by atoms with van der Waals surface area (Å²) >= 11 is 0. The van der Waals surface area contributed by atoms with E-state index in [4.69, 9.17) is 4.74 Å². The van der Waals surface area contributed by atoms with E-state index in [1.54, 1.807) is 24.7 Å². The Morgan fingerprint density at radius 1 is 1.00 bits per heavy atom. The molecule has 138 valence electrons. The number of nitriles is 1. The number of benzene rings is 2. The number of nitrogens with zero attached hydrogens (tertiary/aromatic N) is 5. The summed E-state index contributed by atoms with van der Waals surface area (Å²) in [5.74, 6) is 0.978. The molecule has 0 saturated carbocycles. The van der Waals surface area contributed by atoms with Crippen LogP contribution >= 0.6 is 0 Å². The Morgan fingerprint density at radius 3 is 2.79 bits per heavy atom. The number of hydrogen-bond acceptors (Lipinski definition) is 5. The normalized spacial score (nSPS) is 10.9. The third kappa shape index (κ3) is 2.95. The van der Waals surface area contributed by atoms with Crippen LogP contribution < -0.4 is 4.74 Å². The topological polar surface area (TPSA) is 76.6 Å². The van der Waals surface area contributed by atoms with Crippen LogP contribution in [-0.4, -0.2) is 19.5 Å². The average molecular weight is 377 g/mol. The second-order valence-corrected chi connectivity index (χ2v) is 6.68. The van der Waals surface area contributed by atoms with Crippen LogP contribution in [0.2, 0.25) is 0 Å². The predicted octanol–water partition coefficient (Wildman–Crippen LogP) is 4.85. The van der Waals surface area contributed by atoms with E-state index < -0.39 is 0 Å². The Kier molecular flexibility index (Phi) is 3.92. The van der Waals surface area contributed by atoms with Crippen molar-refractivity contribution >= 4 is 21.9 Å². The molecule has 0 fully saturated rings. The Morgan fingerprint density at radius 2 is 1.90 bits per heavy atom. The zero-order valence-electron chi connectivity index (χ0n) is 15.6. The summed E-state index contributed by atoms with van der Waals surface area (Å²) in [6.07, 6.45) is 8.48. The van der Waals surface area contributed by atoms with E-state index in [0.717, 1.165) is 27.7 Å². The second-order valence-electron chi connectivity index (χ2n) is 6.68. The lowest BCUT2D eigenvalue weighted by atomic mass is 10.0. The number of hydrogen-bond donors (Lipinski definition) is 0. The first-order valence-electron chi connectivity index (χ1n) is 9.05. The van der Waals surface area contributed by atoms with Crippen LogP contribution in [0.4, 0.5) is 0 Å². The van der Waals surface area contributed by atoms with E-state index in [2.05, 4.69) is 49.9 Å². The van der Waals surface area contributed by atoms with Gasteiger partial charge in [0.2, 0.25) is 0 Å². The quantitative estimate of drug-likeness (QED) is 0.449. The highest BCUT2D eigenvalue weighted by molar-refractivity contribution is 5.95. The molecule has 6 nitrogen and oxygen atoms in total. The molecule has 5 rings (SSSR count). The highest BCUT2D eigenvalue weighted by atomic mass is 16.5. The van der Waals surface area contributed by atoms with Crippen molar-refractivity contribution in [1.82, 2.24) is 19.5 Å². The third-order valence-corrected chi connectivity index (χ3v) is 4.88. The van der Waals surface area contributed by atoms with E-state index in [1.807, 2.05) is 25.4 Å². The first-order valence-corrected chi connectivity index (χ1v) is 9.05. The molecule has 2 aromatic carbocycles. The molecule has 0 N–H and O–H groups in total. The molecule has 0 spiro atoms. The standard InChI is InChI=1S/C23H15N5O/c1-28-9-5-15-2-3-16(10-21(15)28)19-11-18(12-20-23(19)27-8-7-26-20)29-22-14-25-6-4-17(22)13-24/h2-12,14H,1H3. The minimum Gasteiger partial charge on any atom is -0.454 e. The molecule has 29 heavy (non-hydrogen) atoms. The van der Waals surface area contributed by atoms with Gasteiger partial charge in [0.05, 0.1) is 22.8 Å². The number of pyridine rings is 1. The van der Waals surface area contributed by atoms with Gasteiger partial charge in [-0.3, -0.25) is 15.0 Å². The molecule has 3 aromatic heterocycles. The van der Waals surface area contributed by atoms with Gasteiger partial charge >= 0.3 is 0 Å². The van der Waals surface area contributed by atoms with Gasteiger partial charge in [-0.2, -0.15) is 5.26 Å². The van der Waals surface area contributed by atoms with Crippen LogP contribution in [0.3, 0.4) is 0 Å². The van der Waals surface area contributed by atoms with Gasteiger partial charge in [-0.25, -0.2) is 0 Å². The Hall–Kier alpha value is -4.24. The molecule has 5 aromatic rings. The third-order valence-electron chi connectivity index (χ3n) is 4.88. The number of aromatic nitrogens is 4. The number of rotatable bonds is 3. The molecule has 0 saturated heterocycles. The summed E-state index contributed by atoms with van der Waals surface area (Å²) < 4.78 is 8.09. The van der Waals surface area contributed by atoms with Crippen LogP contribution in [0.1, 0.15) is 5.56 Å². The molecule has 0 radical (unpaired) electrons. The van der Waals surface area contributed by atoms with Gasteiger partial charge in [0, 0.05) is 49.0 Å². The summed E-state index contributed by atoms with van der Waals surface area (Å²) in [7, 11) is 2.02. The summed E-state index contributed by atoms with van der Waals surface area (Å²) in [6, 6.07) is 15.9. The van der Waals surface area contributed by atoms with Crippen molar-refractivity contribution < 1.29 is 4.74 Å². The molecule has 0 bridgehead atoms. The predicted molar refractivity (Wildman–Crippen MR) is 110 cm³/mol. The van der Waals surface area contributed by atoms with Crippen LogP contribution in [0, 0.1) is 11.3 Å². The lowest BCUT2D eigenvalue weighted by molar-refractivity contribution is 0.479. The van der Waals surface area contributed by atoms with Crippen molar-refractivity contribution in [3.8, 4) is 28.7 Å². The summed E-state index contributed by atoms with van der Waals surface area (Å²) in [5.41, 5.74) is 4.99. The van der Waals surface area contributed by atoms with Crippen molar-refractivity contribution in [3.05, 3.63) is 79.0 Å². The van der Waals surface area contributed by atoms with E-state index in [9.17, 15) is 5.26 Å². The van der Waals surface area contributed by atoms with Gasteiger partial charge in [0.15, 0.2) is 5.75 Å². The molecule has 6 heteroatoms. The lowest BCUT2D eigenvalue weighted by Crippen LogP contribution is -1.93. The first-order chi connectivity index (χ1) is 14.2. The molecule has 0 unspecified atom stereocenters. The van der Waals surface area contributed by atoms with Crippen molar-refractivity contribution in [1.29, 1.82) is 5.26 Å². The van der Waals surface area contributed by atoms with Gasteiger partial charge in [0.1, 0.15) is 11.8 Å². The van der Waals surface area contributed by atoms with Crippen molar-refractivity contribution in [2.45, 2.75) is 0 Å². The van der Waals surface area contributed by atoms with Crippen molar-refractivity contribution in [2.24, 2.45) is 7.05 Å². The Bertz CT molecular complexity index is 1410. The molecule has 0 aliphatic heterocycles. The van der Waals surface area contributed by atoms with Crippen LogP contribution in [0.15, 0.2) is 73.4 Å². The zero-order valence-corrected chi connectivity index (χ0v) is 15.6. The highest BCUT2D eigenvalue weighted by Gasteiger charge is 2.13. The molecule has 3 heterocycles. The van der Waals surface area contributed by atoms with E-state index >= 15 is 0 Å². The van der Waals surface area contributed by atoms with Gasteiger partial charge in [-0.1, -0.05) is 12.1 Å². The van der Waals surface area contributed by atoms with Crippen LogP contribution in [0.25, 0.3) is 33.1 Å². The minimum atomic E-state index is 0.405. The monoisotopic (exact) mass is 377 g/mol. The number of aryl methyl sites for hydroxylation is 1. The largest absolute Gasteiger partial charge is 0.454 e. The summed E-state index contributed by atoms with van der Waals surface area (Å²) in [4.78, 5) is 13.1. The Balaban J connectivity index is 1.70. The maximum atomic E-state index is 9.32. The first kappa shape index (κ1) is 16.9. The van der Waals surface area contributed by atoms with E-state index in [-0.39, 0.29) is 0 Å². The van der Waals surface area contributed by atoms with E-state index in [0.29, 0.717) is 17.1 Å². The fourth-order valence-corrected chi connectivity index (χ4v) is 3.44. The van der Waals surface area contributed by atoms with Crippen LogP contribution in [0.5, 0.6) is 11.5 Å². The molecular formula is C23H15N5O. The van der Waals surface area contributed by atoms with Crippen molar-refractivity contribution in [2.75, 3.05) is 0 Å². The molecule has 0 aliphatic rings. The highest BCUT2D eigenvalue weighted by Crippen LogP contribution is 2.35. The zero-order chi connectivity index (χ0) is 19.8. The SMILES string of the molecule is Cn1ccc2ccc(-c3cc(Oc4cnccc4C#N)cc4nccnc34)cc21. The second kappa shape index (κ2) is 6.73. The number of fused-ring (bicyclic) bond motifs is 2. The van der Waals surface area contributed by atoms with E-state index in [1.165, 1.54) is 11.6 Å². The van der Waals surface area contributed by atoms with Gasteiger partial charge in [-0.05, 0) is 35.2 Å². The number of ether oxygens (including phenoxy) is 1. The van der Waals surface area contributed by atoms with Crippen molar-refractivity contribution in [3.63, 3.8) is 0 Å². The molecule has 0 amide bonds. The van der Waals surface area contributed by atoms with Gasteiger partial charge in [-0.15, -0.1) is 0 Å². The van der Waals surface area contributed by atoms with Gasteiger partial charge < -0.3 is 9.30 Å². The smallest absolute Gasteiger partial charge is 0.163 e.